The number of rotatable bonds is 4. The summed E-state index contributed by atoms with van der Waals surface area (Å²) in [4.78, 5) is 2.50. The van der Waals surface area contributed by atoms with Crippen molar-refractivity contribution in [3.05, 3.63) is 187 Å². The van der Waals surface area contributed by atoms with Gasteiger partial charge in [0.2, 0.25) is 0 Å². The summed E-state index contributed by atoms with van der Waals surface area (Å²) < 4.78 is 0. The molecule has 0 aromatic heterocycles. The Hall–Kier alpha value is -6.18. The van der Waals surface area contributed by atoms with Gasteiger partial charge in [-0.1, -0.05) is 159 Å². The van der Waals surface area contributed by atoms with Crippen LogP contribution in [0.15, 0.2) is 176 Å². The van der Waals surface area contributed by atoms with Crippen LogP contribution in [-0.4, -0.2) is 0 Å². The van der Waals surface area contributed by atoms with E-state index in [0.717, 1.165) is 5.69 Å². The summed E-state index contributed by atoms with van der Waals surface area (Å²) in [6, 6.07) is 65.0. The van der Waals surface area contributed by atoms with Crippen molar-refractivity contribution >= 4 is 60.2 Å². The highest BCUT2D eigenvalue weighted by molar-refractivity contribution is 6.15. The Labute approximate surface area is 292 Å². The van der Waals surface area contributed by atoms with E-state index >= 15 is 0 Å². The zero-order valence-electron chi connectivity index (χ0n) is 28.2. The molecule has 0 saturated carbocycles. The van der Waals surface area contributed by atoms with Gasteiger partial charge in [-0.05, 0) is 95.9 Å². The third-order valence-electron chi connectivity index (χ3n) is 11.0. The van der Waals surface area contributed by atoms with Gasteiger partial charge in [0, 0.05) is 22.1 Å². The molecular weight excluding hydrogens is 603 g/mol. The van der Waals surface area contributed by atoms with Crippen LogP contribution in [0.25, 0.3) is 65.3 Å². The predicted molar refractivity (Wildman–Crippen MR) is 214 cm³/mol. The maximum absolute atomic E-state index is 2.50. The Morgan fingerprint density at radius 2 is 0.960 bits per heavy atom. The molecular formula is C49H35N. The molecule has 0 amide bonds. The molecule has 50 heavy (non-hydrogen) atoms. The van der Waals surface area contributed by atoms with Gasteiger partial charge in [0.05, 0.1) is 11.4 Å². The zero-order valence-corrected chi connectivity index (χ0v) is 28.2. The van der Waals surface area contributed by atoms with Gasteiger partial charge in [-0.3, -0.25) is 0 Å². The number of hydrogen-bond donors (Lipinski definition) is 0. The molecule has 0 N–H and O–H groups in total. The molecule has 0 heterocycles. The van der Waals surface area contributed by atoms with E-state index < -0.39 is 0 Å². The Balaban J connectivity index is 1.19. The summed E-state index contributed by atoms with van der Waals surface area (Å²) in [6.45, 7) is 4.72. The van der Waals surface area contributed by atoms with Crippen LogP contribution in [0.5, 0.6) is 0 Å². The van der Waals surface area contributed by atoms with Crippen LogP contribution in [0, 0.1) is 0 Å². The lowest BCUT2D eigenvalue weighted by Gasteiger charge is -2.30. The maximum Gasteiger partial charge on any atom is 0.0546 e. The van der Waals surface area contributed by atoms with Crippen molar-refractivity contribution in [1.82, 2.24) is 0 Å². The monoisotopic (exact) mass is 637 g/mol. The first-order valence-electron chi connectivity index (χ1n) is 17.5. The number of anilines is 3. The van der Waals surface area contributed by atoms with Gasteiger partial charge in [0.15, 0.2) is 0 Å². The Kier molecular flexibility index (Phi) is 6.29. The van der Waals surface area contributed by atoms with E-state index in [1.54, 1.807) is 0 Å². The lowest BCUT2D eigenvalue weighted by molar-refractivity contribution is 0.660. The molecule has 9 aromatic rings. The fourth-order valence-electron chi connectivity index (χ4n) is 8.54. The van der Waals surface area contributed by atoms with Gasteiger partial charge in [-0.25, -0.2) is 0 Å². The molecule has 0 bridgehead atoms. The second kappa shape index (κ2) is 10.9. The van der Waals surface area contributed by atoms with E-state index in [1.165, 1.54) is 87.8 Å². The Morgan fingerprint density at radius 1 is 0.380 bits per heavy atom. The van der Waals surface area contributed by atoms with E-state index in [2.05, 4.69) is 195 Å². The van der Waals surface area contributed by atoms with Crippen LogP contribution in [0.1, 0.15) is 25.0 Å². The number of nitrogens with zero attached hydrogens (tertiary/aromatic N) is 1. The molecule has 0 saturated heterocycles. The highest BCUT2D eigenvalue weighted by atomic mass is 15.1. The largest absolute Gasteiger partial charge is 0.309 e. The van der Waals surface area contributed by atoms with Crippen molar-refractivity contribution in [3.63, 3.8) is 0 Å². The minimum atomic E-state index is -0.0929. The minimum Gasteiger partial charge on any atom is -0.309 e. The van der Waals surface area contributed by atoms with Crippen LogP contribution in [-0.2, 0) is 5.41 Å². The molecule has 10 rings (SSSR count). The van der Waals surface area contributed by atoms with E-state index in [-0.39, 0.29) is 5.41 Å². The first kappa shape index (κ1) is 28.8. The highest BCUT2D eigenvalue weighted by Crippen LogP contribution is 2.55. The first-order valence-corrected chi connectivity index (χ1v) is 17.5. The smallest absolute Gasteiger partial charge is 0.0546 e. The van der Waals surface area contributed by atoms with E-state index in [1.807, 2.05) is 0 Å². The Morgan fingerprint density at radius 3 is 1.78 bits per heavy atom. The highest BCUT2D eigenvalue weighted by Gasteiger charge is 2.37. The van der Waals surface area contributed by atoms with Crippen molar-refractivity contribution in [2.75, 3.05) is 4.90 Å². The van der Waals surface area contributed by atoms with Crippen LogP contribution in [0.2, 0.25) is 0 Å². The number of benzene rings is 9. The second-order valence-corrected chi connectivity index (χ2v) is 14.1. The van der Waals surface area contributed by atoms with Gasteiger partial charge in [-0.2, -0.15) is 0 Å². The van der Waals surface area contributed by atoms with Gasteiger partial charge >= 0.3 is 0 Å². The normalized spacial score (nSPS) is 13.2. The van der Waals surface area contributed by atoms with E-state index in [0.29, 0.717) is 0 Å². The first-order chi connectivity index (χ1) is 24.6. The van der Waals surface area contributed by atoms with E-state index in [4.69, 9.17) is 0 Å². The summed E-state index contributed by atoms with van der Waals surface area (Å²) in [5.41, 5.74) is 11.2. The molecule has 1 aliphatic carbocycles. The second-order valence-electron chi connectivity index (χ2n) is 14.1. The maximum atomic E-state index is 2.50. The summed E-state index contributed by atoms with van der Waals surface area (Å²) >= 11 is 0. The summed E-state index contributed by atoms with van der Waals surface area (Å²) in [6.07, 6.45) is 0. The SMILES string of the molecule is CC1(C)c2ccccc2-c2c(N(c3ccc(-c4ccc5c(ccc6ccccc65)c4)cc3)c3cc4ccccc4c4ccccc34)cccc21. The van der Waals surface area contributed by atoms with Crippen molar-refractivity contribution < 1.29 is 0 Å². The summed E-state index contributed by atoms with van der Waals surface area (Å²) in [5, 5.41) is 10.1. The number of fused-ring (bicyclic) bond motifs is 9. The molecule has 1 heteroatoms. The Bertz CT molecular complexity index is 2790. The fraction of sp³-hybridized carbons (Fsp3) is 0.0612. The molecule has 0 atom stereocenters. The van der Waals surface area contributed by atoms with Crippen molar-refractivity contribution in [2.45, 2.75) is 19.3 Å². The van der Waals surface area contributed by atoms with Crippen molar-refractivity contribution in [3.8, 4) is 22.3 Å². The molecule has 0 unspecified atom stereocenters. The van der Waals surface area contributed by atoms with Gasteiger partial charge < -0.3 is 4.90 Å². The molecule has 0 radical (unpaired) electrons. The lowest BCUT2D eigenvalue weighted by atomic mass is 9.82. The molecule has 0 aliphatic heterocycles. The van der Waals surface area contributed by atoms with Crippen LogP contribution >= 0.6 is 0 Å². The average molecular weight is 638 g/mol. The van der Waals surface area contributed by atoms with Crippen LogP contribution < -0.4 is 4.90 Å². The molecule has 0 fully saturated rings. The third-order valence-corrected chi connectivity index (χ3v) is 11.0. The van der Waals surface area contributed by atoms with Crippen LogP contribution in [0.3, 0.4) is 0 Å². The molecule has 9 aromatic carbocycles. The minimum absolute atomic E-state index is 0.0929. The summed E-state index contributed by atoms with van der Waals surface area (Å²) in [7, 11) is 0. The van der Waals surface area contributed by atoms with Crippen molar-refractivity contribution in [2.24, 2.45) is 0 Å². The standard InChI is InChI=1S/C49H35N/c1-49(2)44-19-10-9-18-43(44)48-45(49)20-11-21-46(48)50(47-31-35-13-4-6-15-39(35)41-16-7-8-17-42(41)47)37-27-24-32(25-28-37)34-26-29-40-36(30-34)23-22-33-12-3-5-14-38(33)40/h3-31H,1-2H3. The van der Waals surface area contributed by atoms with Crippen molar-refractivity contribution in [1.29, 1.82) is 0 Å². The fourth-order valence-corrected chi connectivity index (χ4v) is 8.54. The van der Waals surface area contributed by atoms with Crippen LogP contribution in [0.4, 0.5) is 17.1 Å². The topological polar surface area (TPSA) is 3.24 Å². The summed E-state index contributed by atoms with van der Waals surface area (Å²) in [5.74, 6) is 0. The number of hydrogen-bond acceptors (Lipinski definition) is 1. The molecule has 236 valence electrons. The van der Waals surface area contributed by atoms with Gasteiger partial charge in [-0.15, -0.1) is 0 Å². The third kappa shape index (κ3) is 4.27. The molecule has 1 aliphatic rings. The van der Waals surface area contributed by atoms with E-state index in [9.17, 15) is 0 Å². The molecule has 0 spiro atoms. The van der Waals surface area contributed by atoms with Gasteiger partial charge in [0.25, 0.3) is 0 Å². The zero-order chi connectivity index (χ0) is 33.4. The molecule has 1 nitrogen and oxygen atoms in total. The quantitative estimate of drug-likeness (QED) is 0.174. The van der Waals surface area contributed by atoms with Gasteiger partial charge in [0.1, 0.15) is 0 Å². The lowest BCUT2D eigenvalue weighted by Crippen LogP contribution is -2.16. The average Bonchev–Trinajstić information content (AvgIpc) is 3.41. The predicted octanol–water partition coefficient (Wildman–Crippen LogP) is 13.7.